The molecule has 2 aromatic carbocycles. The van der Waals surface area contributed by atoms with Gasteiger partial charge in [-0.15, -0.1) is 0 Å². The number of rotatable bonds is 3. The monoisotopic (exact) mass is 310 g/mol. The largest absolute Gasteiger partial charge is 0.446 e. The normalized spacial score (nSPS) is 18.0. The fourth-order valence-electron chi connectivity index (χ4n) is 2.86. The molecular weight excluding hydrogens is 288 g/mol. The number of hydrogen-bond acceptors (Lipinski definition) is 3. The quantitative estimate of drug-likeness (QED) is 0.899. The van der Waals surface area contributed by atoms with Crippen LogP contribution in [0.1, 0.15) is 19.3 Å². The molecule has 1 saturated heterocycles. The maximum absolute atomic E-state index is 12.2. The van der Waals surface area contributed by atoms with Gasteiger partial charge in [-0.3, -0.25) is 5.32 Å². The molecule has 1 aliphatic heterocycles. The van der Waals surface area contributed by atoms with E-state index in [4.69, 9.17) is 4.74 Å². The van der Waals surface area contributed by atoms with E-state index in [1.54, 1.807) is 0 Å². The molecule has 2 aromatic rings. The third-order valence-corrected chi connectivity index (χ3v) is 4.05. The Morgan fingerprint density at radius 2 is 1.78 bits per heavy atom. The molecule has 1 unspecified atom stereocenters. The summed E-state index contributed by atoms with van der Waals surface area (Å²) in [6.07, 6.45) is 2.45. The van der Waals surface area contributed by atoms with E-state index in [9.17, 15) is 4.79 Å². The van der Waals surface area contributed by atoms with E-state index in [0.717, 1.165) is 49.2 Å². The molecule has 0 saturated carbocycles. The van der Waals surface area contributed by atoms with Crippen molar-refractivity contribution < 1.29 is 9.53 Å². The lowest BCUT2D eigenvalue weighted by Gasteiger charge is -2.17. The van der Waals surface area contributed by atoms with Crippen LogP contribution in [0.5, 0.6) is 0 Å². The van der Waals surface area contributed by atoms with Crippen molar-refractivity contribution >= 4 is 11.8 Å². The lowest BCUT2D eigenvalue weighted by Crippen LogP contribution is -2.23. The van der Waals surface area contributed by atoms with Gasteiger partial charge in [-0.05, 0) is 44.0 Å². The molecule has 0 spiro atoms. The number of carbonyl (C=O) groups is 1. The number of hydrogen-bond donors (Lipinski definition) is 2. The predicted octanol–water partition coefficient (Wildman–Crippen LogP) is 4.04. The molecule has 0 bridgehead atoms. The highest BCUT2D eigenvalue weighted by Gasteiger charge is 2.17. The molecule has 2 N–H and O–H groups in total. The topological polar surface area (TPSA) is 50.4 Å². The van der Waals surface area contributed by atoms with Gasteiger partial charge in [0.1, 0.15) is 6.10 Å². The summed E-state index contributed by atoms with van der Waals surface area (Å²) in [6.45, 7) is 1.90. The molecule has 1 amide bonds. The number of nitrogens with one attached hydrogen (secondary N) is 2. The third-order valence-electron chi connectivity index (χ3n) is 4.05. The summed E-state index contributed by atoms with van der Waals surface area (Å²) < 4.78 is 5.58. The van der Waals surface area contributed by atoms with Crippen molar-refractivity contribution in [3.63, 3.8) is 0 Å². The minimum atomic E-state index is -0.375. The molecule has 120 valence electrons. The zero-order valence-corrected chi connectivity index (χ0v) is 13.1. The molecule has 23 heavy (non-hydrogen) atoms. The average Bonchev–Trinajstić information content (AvgIpc) is 2.85. The molecule has 4 heteroatoms. The van der Waals surface area contributed by atoms with Gasteiger partial charge in [0.05, 0.1) is 5.69 Å². The van der Waals surface area contributed by atoms with Gasteiger partial charge in [-0.1, -0.05) is 48.5 Å². The lowest BCUT2D eigenvalue weighted by atomic mass is 10.0. The van der Waals surface area contributed by atoms with Crippen LogP contribution in [0.25, 0.3) is 11.1 Å². The highest BCUT2D eigenvalue weighted by molar-refractivity contribution is 5.91. The fraction of sp³-hybridized carbons (Fsp3) is 0.316. The van der Waals surface area contributed by atoms with Gasteiger partial charge in [0, 0.05) is 5.56 Å². The van der Waals surface area contributed by atoms with Crippen LogP contribution in [0.4, 0.5) is 10.5 Å². The van der Waals surface area contributed by atoms with Crippen molar-refractivity contribution in [3.8, 4) is 11.1 Å². The van der Waals surface area contributed by atoms with Crippen LogP contribution in [0.3, 0.4) is 0 Å². The second-order valence-corrected chi connectivity index (χ2v) is 5.74. The third kappa shape index (κ3) is 4.33. The molecular formula is C19H22N2O2. The maximum Gasteiger partial charge on any atom is 0.411 e. The molecule has 0 aromatic heterocycles. The molecule has 1 aliphatic rings. The Hall–Kier alpha value is -2.33. The molecule has 1 heterocycles. The van der Waals surface area contributed by atoms with E-state index in [1.807, 2.05) is 54.6 Å². The Morgan fingerprint density at radius 1 is 1.00 bits per heavy atom. The van der Waals surface area contributed by atoms with E-state index in [0.29, 0.717) is 0 Å². The minimum Gasteiger partial charge on any atom is -0.446 e. The van der Waals surface area contributed by atoms with Crippen LogP contribution in [-0.2, 0) is 4.74 Å². The van der Waals surface area contributed by atoms with Crippen molar-refractivity contribution in [2.75, 3.05) is 18.4 Å². The van der Waals surface area contributed by atoms with Crippen LogP contribution in [0.15, 0.2) is 54.6 Å². The highest BCUT2D eigenvalue weighted by atomic mass is 16.6. The first-order valence-electron chi connectivity index (χ1n) is 8.16. The summed E-state index contributed by atoms with van der Waals surface area (Å²) in [5.41, 5.74) is 2.84. The molecule has 4 nitrogen and oxygen atoms in total. The van der Waals surface area contributed by atoms with Gasteiger partial charge < -0.3 is 10.1 Å². The highest BCUT2D eigenvalue weighted by Crippen LogP contribution is 2.27. The minimum absolute atomic E-state index is 0.00566. The number of amides is 1. The summed E-state index contributed by atoms with van der Waals surface area (Å²) in [7, 11) is 0. The van der Waals surface area contributed by atoms with E-state index in [-0.39, 0.29) is 12.2 Å². The van der Waals surface area contributed by atoms with Crippen molar-refractivity contribution in [1.82, 2.24) is 5.32 Å². The number of anilines is 1. The summed E-state index contributed by atoms with van der Waals surface area (Å²) in [6, 6.07) is 17.8. The van der Waals surface area contributed by atoms with Crippen molar-refractivity contribution in [3.05, 3.63) is 54.6 Å². The zero-order valence-electron chi connectivity index (χ0n) is 13.1. The summed E-state index contributed by atoms with van der Waals surface area (Å²) in [5, 5.41) is 6.21. The first-order chi connectivity index (χ1) is 11.3. The number of carbonyl (C=O) groups excluding carboxylic acids is 1. The fourth-order valence-corrected chi connectivity index (χ4v) is 2.86. The predicted molar refractivity (Wildman–Crippen MR) is 92.5 cm³/mol. The SMILES string of the molecule is O=C(Nc1ccccc1-c1ccccc1)OC1CCCNCC1. The van der Waals surface area contributed by atoms with Gasteiger partial charge in [0.25, 0.3) is 0 Å². The second kappa shape index (κ2) is 7.79. The second-order valence-electron chi connectivity index (χ2n) is 5.74. The van der Waals surface area contributed by atoms with Crippen LogP contribution < -0.4 is 10.6 Å². The standard InChI is InChI=1S/C19H22N2O2/c22-19(23-16-9-6-13-20-14-12-16)21-18-11-5-4-10-17(18)15-7-2-1-3-8-15/h1-5,7-8,10-11,16,20H,6,9,12-14H2,(H,21,22). The number of para-hydroxylation sites is 1. The molecule has 0 aliphatic carbocycles. The summed E-state index contributed by atoms with van der Waals surface area (Å²) >= 11 is 0. The summed E-state index contributed by atoms with van der Waals surface area (Å²) in [5.74, 6) is 0. The Labute approximate surface area is 136 Å². The molecule has 0 radical (unpaired) electrons. The Bertz CT molecular complexity index is 635. The first-order valence-corrected chi connectivity index (χ1v) is 8.16. The Balaban J connectivity index is 1.69. The van der Waals surface area contributed by atoms with Gasteiger partial charge in [-0.2, -0.15) is 0 Å². The van der Waals surface area contributed by atoms with Crippen molar-refractivity contribution in [1.29, 1.82) is 0 Å². The van der Waals surface area contributed by atoms with Crippen LogP contribution >= 0.6 is 0 Å². The van der Waals surface area contributed by atoms with Crippen molar-refractivity contribution in [2.24, 2.45) is 0 Å². The first kappa shape index (κ1) is 15.6. The molecule has 1 atom stereocenters. The Kier molecular flexibility index (Phi) is 5.27. The van der Waals surface area contributed by atoms with Gasteiger partial charge >= 0.3 is 6.09 Å². The smallest absolute Gasteiger partial charge is 0.411 e. The van der Waals surface area contributed by atoms with Crippen LogP contribution in [0.2, 0.25) is 0 Å². The Morgan fingerprint density at radius 3 is 2.65 bits per heavy atom. The van der Waals surface area contributed by atoms with Gasteiger partial charge in [0.15, 0.2) is 0 Å². The number of ether oxygens (including phenoxy) is 1. The average molecular weight is 310 g/mol. The van der Waals surface area contributed by atoms with Crippen molar-refractivity contribution in [2.45, 2.75) is 25.4 Å². The zero-order chi connectivity index (χ0) is 15.9. The van der Waals surface area contributed by atoms with Gasteiger partial charge in [0.2, 0.25) is 0 Å². The summed E-state index contributed by atoms with van der Waals surface area (Å²) in [4.78, 5) is 12.2. The van der Waals surface area contributed by atoms with E-state index < -0.39 is 0 Å². The maximum atomic E-state index is 12.2. The van der Waals surface area contributed by atoms with E-state index in [2.05, 4.69) is 10.6 Å². The number of benzene rings is 2. The van der Waals surface area contributed by atoms with Crippen LogP contribution in [-0.4, -0.2) is 25.3 Å². The molecule has 3 rings (SSSR count). The van der Waals surface area contributed by atoms with Crippen LogP contribution in [0, 0.1) is 0 Å². The molecule has 1 fully saturated rings. The van der Waals surface area contributed by atoms with E-state index in [1.165, 1.54) is 0 Å². The van der Waals surface area contributed by atoms with Gasteiger partial charge in [-0.25, -0.2) is 4.79 Å². The lowest BCUT2D eigenvalue weighted by molar-refractivity contribution is 0.103. The van der Waals surface area contributed by atoms with E-state index >= 15 is 0 Å².